The first-order valence-corrected chi connectivity index (χ1v) is 17.9. The molecule has 0 radical (unpaired) electrons. The Morgan fingerprint density at radius 2 is 1.02 bits per heavy atom. The summed E-state index contributed by atoms with van der Waals surface area (Å²) in [6.07, 6.45) is 21.1. The third-order valence-electron chi connectivity index (χ3n) is 9.98. The van der Waals surface area contributed by atoms with Crippen molar-refractivity contribution in [1.29, 1.82) is 0 Å². The molecule has 296 valence electrons. The molecule has 53 heavy (non-hydrogen) atoms. The number of ether oxygens (including phenoxy) is 4. The number of alkyl carbamates (subject to hydrolysis) is 2. The van der Waals surface area contributed by atoms with Crippen molar-refractivity contribution in [2.24, 2.45) is 53.3 Å². The van der Waals surface area contributed by atoms with Crippen LogP contribution in [0.2, 0.25) is 0 Å². The Balaban J connectivity index is 0.000000383. The lowest BCUT2D eigenvalue weighted by Crippen LogP contribution is -2.32. The maximum Gasteiger partial charge on any atom is 0.414 e. The summed E-state index contributed by atoms with van der Waals surface area (Å²) in [7, 11) is 0. The summed E-state index contributed by atoms with van der Waals surface area (Å²) in [6.45, 7) is 17.9. The Morgan fingerprint density at radius 3 is 1.34 bits per heavy atom. The number of nitrogens with one attached hydrogen (secondary N) is 2. The van der Waals surface area contributed by atoms with Gasteiger partial charge in [-0.15, -0.1) is 6.58 Å². The van der Waals surface area contributed by atoms with Crippen molar-refractivity contribution >= 4 is 30.0 Å². The number of fused-ring (bicyclic) bond motifs is 6. The molecule has 6 bridgehead atoms. The fourth-order valence-corrected chi connectivity index (χ4v) is 7.42. The number of amides is 3. The quantitative estimate of drug-likeness (QED) is 0.0743. The molecular weight excluding hydrogens is 676 g/mol. The van der Waals surface area contributed by atoms with Crippen LogP contribution in [-0.4, -0.2) is 56.6 Å². The van der Waals surface area contributed by atoms with Crippen LogP contribution in [0.3, 0.4) is 0 Å². The van der Waals surface area contributed by atoms with E-state index >= 15 is 0 Å². The predicted molar refractivity (Wildman–Crippen MR) is 207 cm³/mol. The molecule has 0 aromatic carbocycles. The van der Waals surface area contributed by atoms with Crippen molar-refractivity contribution in [3.05, 3.63) is 73.4 Å². The topological polar surface area (TPSA) is 146 Å². The molecule has 3 fully saturated rings. The molecule has 6 aliphatic rings. The van der Waals surface area contributed by atoms with E-state index in [2.05, 4.69) is 66.8 Å². The zero-order chi connectivity index (χ0) is 37.5. The van der Waals surface area contributed by atoms with Crippen molar-refractivity contribution in [2.75, 3.05) is 26.6 Å². The van der Waals surface area contributed by atoms with E-state index in [1.807, 2.05) is 6.92 Å². The van der Waals surface area contributed by atoms with Crippen LogP contribution in [0.15, 0.2) is 73.4 Å². The van der Waals surface area contributed by atoms with Crippen LogP contribution in [0.5, 0.6) is 0 Å². The van der Waals surface area contributed by atoms with Crippen LogP contribution < -0.4 is 10.6 Å². The SMILES string of the molecule is C.C.C=C(C)C(=O)NC(=O)OCC1CC2C=CC1C2.C=C(C)C(=O)OCNC(=O)OCC1CC2C=CC1C2.C=CC.CC(=O)OCC1CC2C=CC1C2. The smallest absolute Gasteiger partial charge is 0.414 e. The van der Waals surface area contributed by atoms with E-state index in [-0.39, 0.29) is 27.6 Å². The zero-order valence-electron chi connectivity index (χ0n) is 30.6. The number of esters is 2. The first-order valence-electron chi connectivity index (χ1n) is 17.9. The first kappa shape index (κ1) is 46.6. The Morgan fingerprint density at radius 1 is 0.623 bits per heavy atom. The van der Waals surface area contributed by atoms with Crippen molar-refractivity contribution in [2.45, 2.75) is 81.1 Å². The number of hydrogen-bond acceptors (Lipinski definition) is 9. The average Bonchev–Trinajstić information content (AvgIpc) is 3.96. The van der Waals surface area contributed by atoms with Gasteiger partial charge >= 0.3 is 24.1 Å². The molecule has 0 saturated heterocycles. The largest absolute Gasteiger partial charge is 0.466 e. The molecule has 9 atom stereocenters. The summed E-state index contributed by atoms with van der Waals surface area (Å²) in [6, 6.07) is 0. The number of rotatable bonds is 10. The highest BCUT2D eigenvalue weighted by molar-refractivity contribution is 6.01. The van der Waals surface area contributed by atoms with Gasteiger partial charge in [0.1, 0.15) is 0 Å². The van der Waals surface area contributed by atoms with E-state index in [9.17, 15) is 24.0 Å². The monoisotopic (exact) mass is 740 g/mol. The molecule has 11 nitrogen and oxygen atoms in total. The molecular formula is C42H64N2O9. The van der Waals surface area contributed by atoms with Crippen LogP contribution in [0.25, 0.3) is 0 Å². The van der Waals surface area contributed by atoms with E-state index in [1.165, 1.54) is 32.6 Å². The molecule has 3 amide bonds. The highest BCUT2D eigenvalue weighted by atomic mass is 16.6. The summed E-state index contributed by atoms with van der Waals surface area (Å²) < 4.78 is 19.9. The lowest BCUT2D eigenvalue weighted by atomic mass is 9.95. The molecule has 0 aromatic heterocycles. The van der Waals surface area contributed by atoms with Crippen molar-refractivity contribution < 1.29 is 42.9 Å². The molecule has 11 heteroatoms. The van der Waals surface area contributed by atoms with Gasteiger partial charge in [0, 0.05) is 29.9 Å². The third-order valence-corrected chi connectivity index (χ3v) is 9.98. The molecule has 0 heterocycles. The number of imide groups is 1. The Kier molecular flexibility index (Phi) is 20.5. The Bertz CT molecular complexity index is 1380. The summed E-state index contributed by atoms with van der Waals surface area (Å²) in [5, 5.41) is 4.50. The van der Waals surface area contributed by atoms with E-state index in [0.29, 0.717) is 78.3 Å². The summed E-state index contributed by atoms with van der Waals surface area (Å²) in [5.74, 6) is 4.17. The van der Waals surface area contributed by atoms with Gasteiger partial charge in [-0.3, -0.25) is 20.2 Å². The highest BCUT2D eigenvalue weighted by Gasteiger charge is 2.38. The van der Waals surface area contributed by atoms with Crippen LogP contribution in [0.4, 0.5) is 9.59 Å². The van der Waals surface area contributed by atoms with Crippen LogP contribution in [-0.2, 0) is 33.3 Å². The second kappa shape index (κ2) is 23.3. The molecule has 3 saturated carbocycles. The minimum absolute atomic E-state index is 0. The second-order valence-electron chi connectivity index (χ2n) is 14.3. The van der Waals surface area contributed by atoms with Crippen LogP contribution in [0.1, 0.15) is 81.1 Å². The van der Waals surface area contributed by atoms with Gasteiger partial charge in [-0.05, 0) is 101 Å². The van der Waals surface area contributed by atoms with Crippen molar-refractivity contribution in [1.82, 2.24) is 10.6 Å². The van der Waals surface area contributed by atoms with Gasteiger partial charge in [0.15, 0.2) is 6.73 Å². The number of allylic oxidation sites excluding steroid dienone is 7. The van der Waals surface area contributed by atoms with E-state index in [0.717, 1.165) is 18.8 Å². The molecule has 0 spiro atoms. The molecule has 6 aliphatic carbocycles. The fourth-order valence-electron chi connectivity index (χ4n) is 7.42. The lowest BCUT2D eigenvalue weighted by Gasteiger charge is -2.17. The number of carbonyl (C=O) groups excluding carboxylic acids is 5. The number of hydrogen-bond donors (Lipinski definition) is 2. The van der Waals surface area contributed by atoms with E-state index in [1.54, 1.807) is 19.9 Å². The summed E-state index contributed by atoms with van der Waals surface area (Å²) in [4.78, 5) is 55.5. The molecule has 0 aliphatic heterocycles. The minimum atomic E-state index is -0.676. The maximum absolute atomic E-state index is 11.4. The normalized spacial score (nSPS) is 27.7. The van der Waals surface area contributed by atoms with Crippen molar-refractivity contribution in [3.63, 3.8) is 0 Å². The van der Waals surface area contributed by atoms with Crippen molar-refractivity contribution in [3.8, 4) is 0 Å². The summed E-state index contributed by atoms with van der Waals surface area (Å²) >= 11 is 0. The van der Waals surface area contributed by atoms with Gasteiger partial charge in [0.2, 0.25) is 0 Å². The Labute approximate surface area is 317 Å². The van der Waals surface area contributed by atoms with Gasteiger partial charge in [-0.2, -0.15) is 0 Å². The van der Waals surface area contributed by atoms with Gasteiger partial charge in [0.25, 0.3) is 5.91 Å². The predicted octanol–water partition coefficient (Wildman–Crippen LogP) is 8.26. The molecule has 6 rings (SSSR count). The average molecular weight is 741 g/mol. The molecule has 2 N–H and O–H groups in total. The van der Waals surface area contributed by atoms with Gasteiger partial charge in [-0.1, -0.05) is 70.5 Å². The third kappa shape index (κ3) is 15.6. The first-order chi connectivity index (χ1) is 24.3. The standard InChI is InChI=1S/C14H19NO4.C13H17NO3.C10H14O2.C3H6.2CH4/c1-9(2)13(16)19-8-15-14(17)18-7-12-6-10-3-4-11(12)5-10;1-8(2)12(15)14-13(16)17-7-11-6-9-3-4-10(11)5-9;1-7(11)12-6-10-5-8-2-3-9(10)4-8;1-3-2;;/h3-4,10-12H,1,5-8H2,2H3,(H,15,17);3-4,9-11H,1,5-7H2,2H3,(H,14,15,16);2-3,8-10H,4-6H2,1H3;3H,1H2,2H3;2*1H4. The van der Waals surface area contributed by atoms with Gasteiger partial charge < -0.3 is 18.9 Å². The summed E-state index contributed by atoms with van der Waals surface area (Å²) in [5.41, 5.74) is 0.591. The van der Waals surface area contributed by atoms with Crippen LogP contribution in [0, 0.1) is 53.3 Å². The van der Waals surface area contributed by atoms with Gasteiger partial charge in [0.05, 0.1) is 19.8 Å². The van der Waals surface area contributed by atoms with E-state index < -0.39 is 24.1 Å². The second-order valence-corrected chi connectivity index (χ2v) is 14.3. The van der Waals surface area contributed by atoms with Crippen LogP contribution >= 0.6 is 0 Å². The Hall–Kier alpha value is -4.41. The zero-order valence-corrected chi connectivity index (χ0v) is 30.6. The number of carbonyl (C=O) groups is 5. The molecule has 0 aromatic rings. The van der Waals surface area contributed by atoms with Gasteiger partial charge in [-0.25, -0.2) is 14.4 Å². The minimum Gasteiger partial charge on any atom is -0.466 e. The molecule has 9 unspecified atom stereocenters. The maximum atomic E-state index is 11.4. The fraction of sp³-hybridized carbons (Fsp3) is 0.595. The van der Waals surface area contributed by atoms with E-state index in [4.69, 9.17) is 18.9 Å². The lowest BCUT2D eigenvalue weighted by molar-refractivity contribution is -0.142. The highest BCUT2D eigenvalue weighted by Crippen LogP contribution is 2.45.